The quantitative estimate of drug-likeness (QED) is 0.582. The summed E-state index contributed by atoms with van der Waals surface area (Å²) in [6.45, 7) is 6.53. The minimum absolute atomic E-state index is 0.131. The average molecular weight is 432 g/mol. The maximum atomic E-state index is 13.1. The molecule has 4 atom stereocenters. The lowest BCUT2D eigenvalue weighted by Gasteiger charge is -2.51. The third kappa shape index (κ3) is 3.63. The van der Waals surface area contributed by atoms with Gasteiger partial charge in [-0.3, -0.25) is 9.69 Å². The molecule has 168 valence electrons. The van der Waals surface area contributed by atoms with Crippen LogP contribution in [0.25, 0.3) is 10.9 Å². The van der Waals surface area contributed by atoms with Gasteiger partial charge in [-0.05, 0) is 37.0 Å². The molecule has 0 amide bonds. The summed E-state index contributed by atoms with van der Waals surface area (Å²) in [6, 6.07) is 18.0. The summed E-state index contributed by atoms with van der Waals surface area (Å²) in [5.74, 6) is -0.140. The first kappa shape index (κ1) is 21.2. The fourth-order valence-electron chi connectivity index (χ4n) is 5.87. The highest BCUT2D eigenvalue weighted by Crippen LogP contribution is 2.48. The van der Waals surface area contributed by atoms with Gasteiger partial charge in [-0.25, -0.2) is 0 Å². The smallest absolute Gasteiger partial charge is 0.323 e. The second-order valence-electron chi connectivity index (χ2n) is 9.69. The molecule has 3 aromatic rings. The Morgan fingerprint density at radius 2 is 1.81 bits per heavy atom. The van der Waals surface area contributed by atoms with Crippen LogP contribution in [0.1, 0.15) is 61.2 Å². The van der Waals surface area contributed by atoms with E-state index in [-0.39, 0.29) is 24.1 Å². The molecule has 0 bridgehead atoms. The number of methoxy groups -OCH3 is 1. The summed E-state index contributed by atoms with van der Waals surface area (Å²) >= 11 is 0. The number of esters is 1. The van der Waals surface area contributed by atoms with Crippen molar-refractivity contribution in [1.82, 2.24) is 15.2 Å². The van der Waals surface area contributed by atoms with Crippen molar-refractivity contribution >= 4 is 16.9 Å². The Morgan fingerprint density at radius 1 is 1.09 bits per heavy atom. The zero-order valence-electron chi connectivity index (χ0n) is 19.4. The number of hydrogen-bond donors (Lipinski definition) is 2. The molecule has 2 N–H and O–H groups in total. The summed E-state index contributed by atoms with van der Waals surface area (Å²) < 4.78 is 5.33. The van der Waals surface area contributed by atoms with Crippen LogP contribution in [0.5, 0.6) is 0 Å². The largest absolute Gasteiger partial charge is 0.468 e. The number of benzene rings is 2. The number of hydrogen-bond acceptors (Lipinski definition) is 4. The van der Waals surface area contributed by atoms with Gasteiger partial charge in [0.15, 0.2) is 0 Å². The number of para-hydroxylation sites is 1. The molecular formula is C27H33N3O2. The molecule has 3 heterocycles. The molecule has 0 aliphatic carbocycles. The molecule has 0 radical (unpaired) electrons. The number of piperidine rings is 1. The number of carbonyl (C=O) groups is 1. The summed E-state index contributed by atoms with van der Waals surface area (Å²) in [5.41, 5.74) is 6.20. The first-order chi connectivity index (χ1) is 15.5. The van der Waals surface area contributed by atoms with Crippen LogP contribution in [0.2, 0.25) is 0 Å². The predicted molar refractivity (Wildman–Crippen MR) is 128 cm³/mol. The number of nitrogens with one attached hydrogen (secondary N) is 2. The van der Waals surface area contributed by atoms with Crippen molar-refractivity contribution in [2.75, 3.05) is 7.11 Å². The highest BCUT2D eigenvalue weighted by molar-refractivity contribution is 5.87. The van der Waals surface area contributed by atoms with E-state index in [1.807, 2.05) is 0 Å². The Labute approximate surface area is 190 Å². The van der Waals surface area contributed by atoms with E-state index in [2.05, 4.69) is 84.5 Å². The van der Waals surface area contributed by atoms with Gasteiger partial charge in [0.2, 0.25) is 0 Å². The summed E-state index contributed by atoms with van der Waals surface area (Å²) in [4.78, 5) is 19.3. The number of aromatic amines is 1. The van der Waals surface area contributed by atoms with Gasteiger partial charge in [-0.2, -0.15) is 0 Å². The number of carbonyl (C=O) groups excluding carboxylic acids is 1. The second-order valence-corrected chi connectivity index (χ2v) is 9.69. The van der Waals surface area contributed by atoms with Crippen molar-refractivity contribution in [1.29, 1.82) is 0 Å². The van der Waals surface area contributed by atoms with Crippen LogP contribution in [-0.4, -0.2) is 41.1 Å². The van der Waals surface area contributed by atoms with Crippen LogP contribution in [0.3, 0.4) is 0 Å². The SMILES string of the molecule is COC(=O)[C@@H]1Cc2c([nH]c3ccccc23)[C@H]2C[C@H](NC(C)C)C[C@@H](c3ccc(C)cc3)N21. The van der Waals surface area contributed by atoms with Gasteiger partial charge in [0.05, 0.1) is 13.2 Å². The first-order valence-electron chi connectivity index (χ1n) is 11.7. The van der Waals surface area contributed by atoms with Crippen molar-refractivity contribution in [2.45, 2.75) is 70.2 Å². The fourth-order valence-corrected chi connectivity index (χ4v) is 5.87. The molecule has 0 unspecified atom stereocenters. The standard InChI is InChI=1S/C27H33N3O2/c1-16(2)28-19-13-23(18-11-9-17(3)10-12-18)30-24(14-19)26-21(15-25(30)27(31)32-4)20-7-5-6-8-22(20)29-26/h5-12,16,19,23-25,28-29H,13-15H2,1-4H3/t19-,23+,24-,25+/m1/s1. The summed E-state index contributed by atoms with van der Waals surface area (Å²) in [6.07, 6.45) is 2.61. The molecule has 2 aliphatic heterocycles. The predicted octanol–water partition coefficient (Wildman–Crippen LogP) is 4.82. The molecule has 0 saturated carbocycles. The van der Waals surface area contributed by atoms with E-state index in [4.69, 9.17) is 4.74 Å². The number of H-pyrrole nitrogens is 1. The fraction of sp³-hybridized carbons (Fsp3) is 0.444. The van der Waals surface area contributed by atoms with E-state index in [0.29, 0.717) is 18.5 Å². The number of aryl methyl sites for hydroxylation is 1. The van der Waals surface area contributed by atoms with Crippen molar-refractivity contribution in [2.24, 2.45) is 0 Å². The topological polar surface area (TPSA) is 57.4 Å². The second kappa shape index (κ2) is 8.38. The Hall–Kier alpha value is -2.63. The van der Waals surface area contributed by atoms with Crippen molar-refractivity contribution in [3.8, 4) is 0 Å². The van der Waals surface area contributed by atoms with Crippen LogP contribution in [-0.2, 0) is 16.0 Å². The van der Waals surface area contributed by atoms with Gasteiger partial charge in [0.25, 0.3) is 0 Å². The molecule has 5 rings (SSSR count). The number of rotatable bonds is 4. The minimum Gasteiger partial charge on any atom is -0.468 e. The van der Waals surface area contributed by atoms with Gasteiger partial charge < -0.3 is 15.0 Å². The first-order valence-corrected chi connectivity index (χ1v) is 11.7. The Balaban J connectivity index is 1.66. The molecule has 2 aliphatic rings. The van der Waals surface area contributed by atoms with Crippen molar-refractivity contribution < 1.29 is 9.53 Å². The van der Waals surface area contributed by atoms with Gasteiger partial charge in [0, 0.05) is 41.1 Å². The van der Waals surface area contributed by atoms with E-state index >= 15 is 0 Å². The molecule has 1 saturated heterocycles. The molecule has 5 nitrogen and oxygen atoms in total. The molecular weight excluding hydrogens is 398 g/mol. The third-order valence-corrected chi connectivity index (χ3v) is 7.18. The monoisotopic (exact) mass is 431 g/mol. The van der Waals surface area contributed by atoms with E-state index in [1.165, 1.54) is 34.9 Å². The molecule has 1 aromatic heterocycles. The Bertz CT molecular complexity index is 1120. The lowest BCUT2D eigenvalue weighted by atomic mass is 9.79. The molecule has 2 aromatic carbocycles. The maximum Gasteiger partial charge on any atom is 0.323 e. The van der Waals surface area contributed by atoms with E-state index < -0.39 is 0 Å². The third-order valence-electron chi connectivity index (χ3n) is 7.18. The van der Waals surface area contributed by atoms with Crippen LogP contribution in [0.4, 0.5) is 0 Å². The zero-order valence-corrected chi connectivity index (χ0v) is 19.4. The van der Waals surface area contributed by atoms with Crippen LogP contribution >= 0.6 is 0 Å². The average Bonchev–Trinajstić information content (AvgIpc) is 3.16. The molecule has 1 fully saturated rings. The summed E-state index contributed by atoms with van der Waals surface area (Å²) in [7, 11) is 1.51. The van der Waals surface area contributed by atoms with Crippen LogP contribution < -0.4 is 5.32 Å². The lowest BCUT2D eigenvalue weighted by molar-refractivity contribution is -0.152. The van der Waals surface area contributed by atoms with Gasteiger partial charge in [-0.1, -0.05) is 61.9 Å². The van der Waals surface area contributed by atoms with Crippen LogP contribution in [0.15, 0.2) is 48.5 Å². The van der Waals surface area contributed by atoms with Gasteiger partial charge >= 0.3 is 5.97 Å². The number of nitrogens with zero attached hydrogens (tertiary/aromatic N) is 1. The van der Waals surface area contributed by atoms with Crippen molar-refractivity contribution in [3.63, 3.8) is 0 Å². The van der Waals surface area contributed by atoms with E-state index in [1.54, 1.807) is 0 Å². The minimum atomic E-state index is -0.289. The number of ether oxygens (including phenoxy) is 1. The highest BCUT2D eigenvalue weighted by atomic mass is 16.5. The zero-order chi connectivity index (χ0) is 22.4. The normalized spacial score (nSPS) is 25.5. The molecule has 32 heavy (non-hydrogen) atoms. The highest BCUT2D eigenvalue weighted by Gasteiger charge is 2.48. The Morgan fingerprint density at radius 3 is 2.53 bits per heavy atom. The van der Waals surface area contributed by atoms with E-state index in [0.717, 1.165) is 18.4 Å². The van der Waals surface area contributed by atoms with Crippen LogP contribution in [0, 0.1) is 6.92 Å². The van der Waals surface area contributed by atoms with E-state index in [9.17, 15) is 4.79 Å². The number of aromatic nitrogens is 1. The molecule has 0 spiro atoms. The van der Waals surface area contributed by atoms with Gasteiger partial charge in [0.1, 0.15) is 6.04 Å². The van der Waals surface area contributed by atoms with Gasteiger partial charge in [-0.15, -0.1) is 0 Å². The number of fused-ring (bicyclic) bond motifs is 5. The Kier molecular flexibility index (Phi) is 5.56. The van der Waals surface area contributed by atoms with Crippen molar-refractivity contribution in [3.05, 3.63) is 70.9 Å². The molecule has 5 heteroatoms. The maximum absolute atomic E-state index is 13.1. The summed E-state index contributed by atoms with van der Waals surface area (Å²) in [5, 5.41) is 5.02. The lowest BCUT2D eigenvalue weighted by Crippen LogP contribution is -2.56.